The Bertz CT molecular complexity index is 911. The molecule has 3 aromatic rings. The monoisotopic (exact) mass is 319 g/mol. The maximum Gasteiger partial charge on any atom is 0.123 e. The van der Waals surface area contributed by atoms with Crippen LogP contribution in [0.15, 0.2) is 60.9 Å². The average Bonchev–Trinajstić information content (AvgIpc) is 3.44. The quantitative estimate of drug-likeness (QED) is 0.641. The van der Waals surface area contributed by atoms with E-state index in [0.29, 0.717) is 12.3 Å². The molecule has 0 aliphatic heterocycles. The Kier molecular flexibility index (Phi) is 3.77. The molecule has 3 heteroatoms. The zero-order valence-electron chi connectivity index (χ0n) is 13.2. The fourth-order valence-electron chi connectivity index (χ4n) is 3.29. The van der Waals surface area contributed by atoms with Crippen molar-refractivity contribution >= 4 is 10.9 Å². The number of hydrogen-bond acceptors (Lipinski definition) is 2. The van der Waals surface area contributed by atoms with Crippen LogP contribution in [0, 0.1) is 5.82 Å². The van der Waals surface area contributed by atoms with Gasteiger partial charge in [0.05, 0.1) is 11.8 Å². The van der Waals surface area contributed by atoms with Gasteiger partial charge in [0.15, 0.2) is 0 Å². The topological polar surface area (TPSA) is 33.1 Å². The lowest BCUT2D eigenvalue weighted by atomic mass is 9.91. The molecule has 0 spiro atoms. The minimum atomic E-state index is -0.240. The van der Waals surface area contributed by atoms with E-state index in [2.05, 4.69) is 6.07 Å². The lowest BCUT2D eigenvalue weighted by Crippen LogP contribution is -2.01. The summed E-state index contributed by atoms with van der Waals surface area (Å²) in [4.78, 5) is 4.90. The van der Waals surface area contributed by atoms with Gasteiger partial charge in [-0.1, -0.05) is 30.3 Å². The van der Waals surface area contributed by atoms with E-state index in [9.17, 15) is 4.39 Å². The van der Waals surface area contributed by atoms with Crippen LogP contribution in [0.1, 0.15) is 30.0 Å². The Balaban J connectivity index is 2.04. The lowest BCUT2D eigenvalue weighted by Gasteiger charge is -2.16. The van der Waals surface area contributed by atoms with Crippen LogP contribution < -0.4 is 0 Å². The van der Waals surface area contributed by atoms with Gasteiger partial charge in [0.2, 0.25) is 0 Å². The molecule has 1 heterocycles. The fraction of sp³-hybridized carbons (Fsp3) is 0.190. The molecule has 0 radical (unpaired) electrons. The van der Waals surface area contributed by atoms with Crippen molar-refractivity contribution < 1.29 is 9.50 Å². The van der Waals surface area contributed by atoms with E-state index >= 15 is 0 Å². The molecule has 2 nitrogen and oxygen atoms in total. The molecule has 2 aromatic carbocycles. The van der Waals surface area contributed by atoms with E-state index in [1.165, 1.54) is 12.1 Å². The third-order valence-electron chi connectivity index (χ3n) is 4.55. The summed E-state index contributed by atoms with van der Waals surface area (Å²) >= 11 is 0. The Labute approximate surface area is 140 Å². The smallest absolute Gasteiger partial charge is 0.123 e. The number of nitrogens with zero attached hydrogens (tertiary/aromatic N) is 1. The van der Waals surface area contributed by atoms with Crippen molar-refractivity contribution in [1.29, 1.82) is 0 Å². The van der Waals surface area contributed by atoms with Crippen molar-refractivity contribution in [3.05, 3.63) is 77.9 Å². The number of halogens is 1. The van der Waals surface area contributed by atoms with Crippen LogP contribution in [0.3, 0.4) is 0 Å². The molecule has 4 rings (SSSR count). The number of hydrogen-bond donors (Lipinski definition) is 1. The molecular formula is C21H18FNO. The molecule has 0 unspecified atom stereocenters. The second-order valence-electron chi connectivity index (χ2n) is 6.24. The highest BCUT2D eigenvalue weighted by Gasteiger charge is 2.29. The number of benzene rings is 2. The Morgan fingerprint density at radius 3 is 2.54 bits per heavy atom. The summed E-state index contributed by atoms with van der Waals surface area (Å²) in [7, 11) is 0. The predicted molar refractivity (Wildman–Crippen MR) is 94.6 cm³/mol. The Morgan fingerprint density at radius 1 is 1.08 bits per heavy atom. The summed E-state index contributed by atoms with van der Waals surface area (Å²) in [6.45, 7) is 0. The molecule has 1 saturated carbocycles. The minimum absolute atomic E-state index is 0.240. The molecule has 1 aromatic heterocycles. The number of aromatic nitrogens is 1. The summed E-state index contributed by atoms with van der Waals surface area (Å²) in [6, 6.07) is 14.7. The van der Waals surface area contributed by atoms with E-state index in [1.54, 1.807) is 6.08 Å². The number of rotatable bonds is 4. The molecule has 0 amide bonds. The predicted octanol–water partition coefficient (Wildman–Crippen LogP) is 5.53. The van der Waals surface area contributed by atoms with Gasteiger partial charge < -0.3 is 5.11 Å². The molecule has 24 heavy (non-hydrogen) atoms. The summed E-state index contributed by atoms with van der Waals surface area (Å²) in [6.07, 6.45) is 5.76. The van der Waals surface area contributed by atoms with Crippen molar-refractivity contribution in [3.63, 3.8) is 0 Å². The first kappa shape index (κ1) is 14.9. The Morgan fingerprint density at radius 2 is 1.83 bits per heavy atom. The Hall–Kier alpha value is -2.68. The normalized spacial score (nSPS) is 14.5. The first-order valence-corrected chi connectivity index (χ1v) is 8.24. The second-order valence-corrected chi connectivity index (χ2v) is 6.24. The molecule has 1 aliphatic carbocycles. The van der Waals surface area contributed by atoms with Crippen molar-refractivity contribution in [3.8, 4) is 11.1 Å². The summed E-state index contributed by atoms with van der Waals surface area (Å²) in [5.74, 6) is 0.257. The van der Waals surface area contributed by atoms with Crippen LogP contribution in [0.4, 0.5) is 4.39 Å². The maximum atomic E-state index is 13.4. The fourth-order valence-corrected chi connectivity index (χ4v) is 3.29. The number of fused-ring (bicyclic) bond motifs is 1. The lowest BCUT2D eigenvalue weighted by molar-refractivity contribution is 0.471. The second kappa shape index (κ2) is 6.08. The zero-order valence-corrected chi connectivity index (χ0v) is 13.2. The van der Waals surface area contributed by atoms with Gasteiger partial charge in [0, 0.05) is 17.0 Å². The highest BCUT2D eigenvalue weighted by Crippen LogP contribution is 2.45. The maximum absolute atomic E-state index is 13.4. The first-order chi connectivity index (χ1) is 11.8. The van der Waals surface area contributed by atoms with Crippen molar-refractivity contribution in [2.75, 3.05) is 0 Å². The van der Waals surface area contributed by atoms with E-state index in [4.69, 9.17) is 10.1 Å². The van der Waals surface area contributed by atoms with Crippen LogP contribution in [-0.2, 0) is 6.42 Å². The number of aliphatic hydroxyl groups excluding tert-OH is 1. The minimum Gasteiger partial charge on any atom is -0.516 e. The highest BCUT2D eigenvalue weighted by molar-refractivity contribution is 5.96. The molecule has 0 bridgehead atoms. The highest BCUT2D eigenvalue weighted by atomic mass is 19.1. The van der Waals surface area contributed by atoms with E-state index in [1.807, 2.05) is 30.3 Å². The molecule has 1 aliphatic rings. The summed E-state index contributed by atoms with van der Waals surface area (Å²) in [5.41, 5.74) is 5.30. The number of aliphatic hydroxyl groups is 1. The molecule has 120 valence electrons. The van der Waals surface area contributed by atoms with Gasteiger partial charge in [-0.2, -0.15) is 0 Å². The number of pyridine rings is 1. The van der Waals surface area contributed by atoms with Gasteiger partial charge >= 0.3 is 0 Å². The molecule has 1 N–H and O–H groups in total. The van der Waals surface area contributed by atoms with Crippen molar-refractivity contribution in [2.24, 2.45) is 0 Å². The van der Waals surface area contributed by atoms with Crippen LogP contribution >= 0.6 is 0 Å². The third kappa shape index (κ3) is 2.67. The van der Waals surface area contributed by atoms with Gasteiger partial charge in [-0.15, -0.1) is 0 Å². The average molecular weight is 319 g/mol. The van der Waals surface area contributed by atoms with Crippen molar-refractivity contribution in [1.82, 2.24) is 4.98 Å². The van der Waals surface area contributed by atoms with Crippen molar-refractivity contribution in [2.45, 2.75) is 25.2 Å². The van der Waals surface area contributed by atoms with Crippen LogP contribution in [0.25, 0.3) is 22.0 Å². The molecule has 0 atom stereocenters. The van der Waals surface area contributed by atoms with Gasteiger partial charge in [-0.25, -0.2) is 4.39 Å². The van der Waals surface area contributed by atoms with Crippen LogP contribution in [0.5, 0.6) is 0 Å². The third-order valence-corrected chi connectivity index (χ3v) is 4.55. The summed E-state index contributed by atoms with van der Waals surface area (Å²) in [5, 5.41) is 10.2. The van der Waals surface area contributed by atoms with E-state index < -0.39 is 0 Å². The van der Waals surface area contributed by atoms with Gasteiger partial charge in [-0.3, -0.25) is 4.98 Å². The van der Waals surface area contributed by atoms with Gasteiger partial charge in [0.25, 0.3) is 0 Å². The zero-order chi connectivity index (χ0) is 16.5. The molecule has 1 fully saturated rings. The standard InChI is InChI=1S/C21H18FNO/c22-16-11-9-14(10-12-16)20-17-4-1-2-6-19(17)23-21(15-7-8-15)18(20)5-3-13-24/h1-4,6,9-13,15,24H,5,7-8H2/b13-3+. The number of allylic oxidation sites excluding steroid dienone is 1. The SMILES string of the molecule is O/C=C/Cc1c(C2CC2)nc2ccccc2c1-c1ccc(F)cc1. The van der Waals surface area contributed by atoms with E-state index in [0.717, 1.165) is 52.4 Å². The molecular weight excluding hydrogens is 301 g/mol. The number of para-hydroxylation sites is 1. The first-order valence-electron chi connectivity index (χ1n) is 8.24. The van der Waals surface area contributed by atoms with Crippen LogP contribution in [-0.4, -0.2) is 10.1 Å². The van der Waals surface area contributed by atoms with Crippen LogP contribution in [0.2, 0.25) is 0 Å². The largest absolute Gasteiger partial charge is 0.516 e. The summed E-state index contributed by atoms with van der Waals surface area (Å²) < 4.78 is 13.4. The molecule has 0 saturated heterocycles. The van der Waals surface area contributed by atoms with Gasteiger partial charge in [0.1, 0.15) is 5.82 Å². The van der Waals surface area contributed by atoms with E-state index in [-0.39, 0.29) is 5.82 Å². The van der Waals surface area contributed by atoms with Gasteiger partial charge in [-0.05, 0) is 60.2 Å².